The first-order valence-electron chi connectivity index (χ1n) is 7.39. The number of hydrogen-bond acceptors (Lipinski definition) is 1. The summed E-state index contributed by atoms with van der Waals surface area (Å²) in [5.74, 6) is 0.907. The smallest absolute Gasteiger partial charge is 0.0334 e. The highest BCUT2D eigenvalue weighted by molar-refractivity contribution is 9.11. The Labute approximate surface area is 133 Å². The maximum atomic E-state index is 3.73. The van der Waals surface area contributed by atoms with Crippen molar-refractivity contribution in [1.29, 1.82) is 0 Å². The van der Waals surface area contributed by atoms with Crippen LogP contribution < -0.4 is 5.32 Å². The summed E-state index contributed by atoms with van der Waals surface area (Å²) in [4.78, 5) is 0. The van der Waals surface area contributed by atoms with Gasteiger partial charge in [-0.3, -0.25) is 0 Å². The van der Waals surface area contributed by atoms with Gasteiger partial charge in [-0.05, 0) is 43.0 Å². The Kier molecular flexibility index (Phi) is 6.37. The van der Waals surface area contributed by atoms with Crippen molar-refractivity contribution in [2.24, 2.45) is 5.92 Å². The standard InChI is InChI=1S/C16H23Br2N/c1-2-9-19-16(10-12-5-3-4-6-12)14-8-7-13(17)11-15(14)18/h7-8,11-12,16,19H,2-6,9-10H2,1H3. The molecule has 1 aromatic rings. The predicted molar refractivity (Wildman–Crippen MR) is 89.5 cm³/mol. The molecule has 1 saturated carbocycles. The molecule has 0 bridgehead atoms. The van der Waals surface area contributed by atoms with Crippen LogP contribution in [0.25, 0.3) is 0 Å². The number of hydrogen-bond donors (Lipinski definition) is 1. The van der Waals surface area contributed by atoms with Crippen molar-refractivity contribution in [2.45, 2.75) is 51.5 Å². The molecule has 1 aliphatic rings. The highest BCUT2D eigenvalue weighted by Crippen LogP contribution is 2.36. The Morgan fingerprint density at radius 2 is 2.00 bits per heavy atom. The average molecular weight is 389 g/mol. The van der Waals surface area contributed by atoms with Gasteiger partial charge in [-0.1, -0.05) is 70.5 Å². The van der Waals surface area contributed by atoms with E-state index in [0.29, 0.717) is 6.04 Å². The lowest BCUT2D eigenvalue weighted by atomic mass is 9.93. The Bertz CT molecular complexity index is 400. The van der Waals surface area contributed by atoms with Crippen LogP contribution in [0.1, 0.15) is 57.1 Å². The van der Waals surface area contributed by atoms with Crippen molar-refractivity contribution in [3.05, 3.63) is 32.7 Å². The molecule has 106 valence electrons. The van der Waals surface area contributed by atoms with Crippen LogP contribution >= 0.6 is 31.9 Å². The summed E-state index contributed by atoms with van der Waals surface area (Å²) < 4.78 is 2.35. The van der Waals surface area contributed by atoms with Gasteiger partial charge in [0.1, 0.15) is 0 Å². The van der Waals surface area contributed by atoms with E-state index in [1.165, 1.54) is 48.6 Å². The van der Waals surface area contributed by atoms with Crippen LogP contribution in [-0.2, 0) is 0 Å². The van der Waals surface area contributed by atoms with E-state index in [9.17, 15) is 0 Å². The molecular formula is C16H23Br2N. The van der Waals surface area contributed by atoms with E-state index < -0.39 is 0 Å². The third-order valence-electron chi connectivity index (χ3n) is 4.02. The molecule has 0 radical (unpaired) electrons. The van der Waals surface area contributed by atoms with Gasteiger partial charge in [-0.2, -0.15) is 0 Å². The average Bonchev–Trinajstić information content (AvgIpc) is 2.88. The monoisotopic (exact) mass is 387 g/mol. The summed E-state index contributed by atoms with van der Waals surface area (Å²) in [5.41, 5.74) is 1.41. The maximum absolute atomic E-state index is 3.73. The molecule has 0 aliphatic heterocycles. The molecule has 0 spiro atoms. The maximum Gasteiger partial charge on any atom is 0.0334 e. The summed E-state index contributed by atoms with van der Waals surface area (Å²) >= 11 is 7.25. The molecule has 2 rings (SSSR count). The highest BCUT2D eigenvalue weighted by Gasteiger charge is 2.22. The Morgan fingerprint density at radius 1 is 1.26 bits per heavy atom. The molecular weight excluding hydrogens is 366 g/mol. The lowest BCUT2D eigenvalue weighted by molar-refractivity contribution is 0.394. The molecule has 0 amide bonds. The van der Waals surface area contributed by atoms with Gasteiger partial charge in [0.15, 0.2) is 0 Å². The molecule has 1 atom stereocenters. The summed E-state index contributed by atoms with van der Waals surface area (Å²) in [6.07, 6.45) is 8.14. The fraction of sp³-hybridized carbons (Fsp3) is 0.625. The molecule has 0 saturated heterocycles. The normalized spacial score (nSPS) is 17.8. The van der Waals surface area contributed by atoms with Gasteiger partial charge in [0, 0.05) is 15.0 Å². The zero-order valence-electron chi connectivity index (χ0n) is 11.6. The number of nitrogens with one attached hydrogen (secondary N) is 1. The van der Waals surface area contributed by atoms with E-state index >= 15 is 0 Å². The Hall–Kier alpha value is 0.140. The number of halogens is 2. The lowest BCUT2D eigenvalue weighted by Crippen LogP contribution is -2.24. The lowest BCUT2D eigenvalue weighted by Gasteiger charge is -2.23. The van der Waals surface area contributed by atoms with Crippen molar-refractivity contribution in [3.8, 4) is 0 Å². The molecule has 0 heterocycles. The van der Waals surface area contributed by atoms with Gasteiger partial charge >= 0.3 is 0 Å². The zero-order valence-corrected chi connectivity index (χ0v) is 14.8. The van der Waals surface area contributed by atoms with E-state index in [2.05, 4.69) is 62.3 Å². The third kappa shape index (κ3) is 4.57. The fourth-order valence-electron chi connectivity index (χ4n) is 3.00. The Morgan fingerprint density at radius 3 is 2.63 bits per heavy atom. The molecule has 0 aromatic heterocycles. The largest absolute Gasteiger partial charge is 0.310 e. The van der Waals surface area contributed by atoms with Gasteiger partial charge in [0.25, 0.3) is 0 Å². The van der Waals surface area contributed by atoms with Crippen molar-refractivity contribution >= 4 is 31.9 Å². The first-order chi connectivity index (χ1) is 9.20. The first-order valence-corrected chi connectivity index (χ1v) is 8.97. The van der Waals surface area contributed by atoms with Crippen LogP contribution in [0.4, 0.5) is 0 Å². The molecule has 1 aliphatic carbocycles. The van der Waals surface area contributed by atoms with E-state index in [0.717, 1.165) is 16.9 Å². The van der Waals surface area contributed by atoms with Crippen LogP contribution in [0, 0.1) is 5.92 Å². The van der Waals surface area contributed by atoms with E-state index in [-0.39, 0.29) is 0 Å². The van der Waals surface area contributed by atoms with E-state index in [4.69, 9.17) is 0 Å². The molecule has 3 heteroatoms. The van der Waals surface area contributed by atoms with Crippen LogP contribution in [0.3, 0.4) is 0 Å². The second-order valence-electron chi connectivity index (χ2n) is 5.56. The van der Waals surface area contributed by atoms with Crippen molar-refractivity contribution < 1.29 is 0 Å². The van der Waals surface area contributed by atoms with Gasteiger partial charge in [-0.15, -0.1) is 0 Å². The van der Waals surface area contributed by atoms with Gasteiger partial charge in [-0.25, -0.2) is 0 Å². The predicted octanol–water partition coefficient (Wildman–Crippen LogP) is 5.83. The second-order valence-corrected chi connectivity index (χ2v) is 7.33. The van der Waals surface area contributed by atoms with Crippen molar-refractivity contribution in [1.82, 2.24) is 5.32 Å². The number of rotatable bonds is 6. The summed E-state index contributed by atoms with van der Waals surface area (Å²) in [6, 6.07) is 7.04. The highest BCUT2D eigenvalue weighted by atomic mass is 79.9. The summed E-state index contributed by atoms with van der Waals surface area (Å²) in [6.45, 7) is 3.33. The van der Waals surface area contributed by atoms with Gasteiger partial charge < -0.3 is 5.32 Å². The molecule has 1 aromatic carbocycles. The quantitative estimate of drug-likeness (QED) is 0.645. The summed E-state index contributed by atoms with van der Waals surface area (Å²) in [5, 5.41) is 3.73. The topological polar surface area (TPSA) is 12.0 Å². The van der Waals surface area contributed by atoms with E-state index in [1.807, 2.05) is 0 Å². The van der Waals surface area contributed by atoms with Crippen LogP contribution in [-0.4, -0.2) is 6.54 Å². The minimum absolute atomic E-state index is 0.491. The SMILES string of the molecule is CCCNC(CC1CCCC1)c1ccc(Br)cc1Br. The molecule has 1 N–H and O–H groups in total. The third-order valence-corrected chi connectivity index (χ3v) is 5.20. The van der Waals surface area contributed by atoms with Crippen molar-refractivity contribution in [3.63, 3.8) is 0 Å². The van der Waals surface area contributed by atoms with Crippen LogP contribution in [0.2, 0.25) is 0 Å². The van der Waals surface area contributed by atoms with Gasteiger partial charge in [0.2, 0.25) is 0 Å². The minimum Gasteiger partial charge on any atom is -0.310 e. The fourth-order valence-corrected chi connectivity index (χ4v) is 4.33. The van der Waals surface area contributed by atoms with Crippen LogP contribution in [0.15, 0.2) is 27.1 Å². The molecule has 19 heavy (non-hydrogen) atoms. The molecule has 1 unspecified atom stereocenters. The Balaban J connectivity index is 2.10. The van der Waals surface area contributed by atoms with Crippen molar-refractivity contribution in [2.75, 3.05) is 6.54 Å². The number of benzene rings is 1. The first kappa shape index (κ1) is 15.5. The minimum atomic E-state index is 0.491. The zero-order chi connectivity index (χ0) is 13.7. The van der Waals surface area contributed by atoms with Crippen LogP contribution in [0.5, 0.6) is 0 Å². The molecule has 1 nitrogen and oxygen atoms in total. The van der Waals surface area contributed by atoms with E-state index in [1.54, 1.807) is 0 Å². The molecule has 1 fully saturated rings. The second kappa shape index (κ2) is 7.80. The summed E-state index contributed by atoms with van der Waals surface area (Å²) in [7, 11) is 0. The van der Waals surface area contributed by atoms with Gasteiger partial charge in [0.05, 0.1) is 0 Å².